The average molecular weight is 313 g/mol. The van der Waals surface area contributed by atoms with E-state index in [-0.39, 0.29) is 5.48 Å². The fourth-order valence-electron chi connectivity index (χ4n) is 2.68. The SMILES string of the molecule is C=CCCC(CCCCC)OC(CCC=C)CCCCC.O. The lowest BCUT2D eigenvalue weighted by Gasteiger charge is -2.25. The molecule has 0 saturated carbocycles. The van der Waals surface area contributed by atoms with E-state index < -0.39 is 0 Å². The lowest BCUT2D eigenvalue weighted by Crippen LogP contribution is -2.22. The zero-order valence-corrected chi connectivity index (χ0v) is 15.1. The summed E-state index contributed by atoms with van der Waals surface area (Å²) in [4.78, 5) is 0. The van der Waals surface area contributed by atoms with Gasteiger partial charge in [0, 0.05) is 0 Å². The van der Waals surface area contributed by atoms with E-state index in [4.69, 9.17) is 4.74 Å². The molecule has 2 atom stereocenters. The molecule has 0 aromatic rings. The van der Waals surface area contributed by atoms with Crippen LogP contribution in [0.3, 0.4) is 0 Å². The van der Waals surface area contributed by atoms with Crippen molar-refractivity contribution in [1.82, 2.24) is 0 Å². The van der Waals surface area contributed by atoms with Crippen molar-refractivity contribution in [3.05, 3.63) is 25.3 Å². The summed E-state index contributed by atoms with van der Waals surface area (Å²) in [6.45, 7) is 12.2. The van der Waals surface area contributed by atoms with Crippen LogP contribution in [0.4, 0.5) is 0 Å². The fraction of sp³-hybridized carbons (Fsp3) is 0.800. The van der Waals surface area contributed by atoms with E-state index in [2.05, 4.69) is 27.0 Å². The zero-order chi connectivity index (χ0) is 15.8. The smallest absolute Gasteiger partial charge is 0.0581 e. The van der Waals surface area contributed by atoms with Gasteiger partial charge in [0.2, 0.25) is 0 Å². The summed E-state index contributed by atoms with van der Waals surface area (Å²) in [5.74, 6) is 0. The van der Waals surface area contributed by atoms with Crippen LogP contribution in [-0.2, 0) is 4.74 Å². The van der Waals surface area contributed by atoms with Crippen molar-refractivity contribution in [2.45, 2.75) is 103 Å². The number of unbranched alkanes of at least 4 members (excludes halogenated alkanes) is 4. The van der Waals surface area contributed by atoms with Gasteiger partial charge < -0.3 is 10.2 Å². The Labute approximate surface area is 139 Å². The third-order valence-corrected chi connectivity index (χ3v) is 4.03. The summed E-state index contributed by atoms with van der Waals surface area (Å²) in [5.41, 5.74) is 0. The minimum absolute atomic E-state index is 0. The lowest BCUT2D eigenvalue weighted by molar-refractivity contribution is -0.0292. The van der Waals surface area contributed by atoms with Gasteiger partial charge in [-0.1, -0.05) is 64.5 Å². The molecule has 0 aliphatic carbocycles. The summed E-state index contributed by atoms with van der Waals surface area (Å²) in [6.07, 6.45) is 19.5. The summed E-state index contributed by atoms with van der Waals surface area (Å²) in [7, 11) is 0. The van der Waals surface area contributed by atoms with Crippen LogP contribution in [0.2, 0.25) is 0 Å². The van der Waals surface area contributed by atoms with Crippen molar-refractivity contribution in [2.24, 2.45) is 0 Å². The second-order valence-electron chi connectivity index (χ2n) is 6.10. The molecule has 0 saturated heterocycles. The van der Waals surface area contributed by atoms with E-state index in [0.717, 1.165) is 25.7 Å². The molecule has 0 fully saturated rings. The van der Waals surface area contributed by atoms with E-state index in [9.17, 15) is 0 Å². The molecule has 2 heteroatoms. The maximum absolute atomic E-state index is 6.45. The van der Waals surface area contributed by atoms with Gasteiger partial charge in [0.25, 0.3) is 0 Å². The number of hydrogen-bond acceptors (Lipinski definition) is 1. The summed E-state index contributed by atoms with van der Waals surface area (Å²) in [6, 6.07) is 0. The van der Waals surface area contributed by atoms with Crippen LogP contribution in [0.15, 0.2) is 25.3 Å². The van der Waals surface area contributed by atoms with Gasteiger partial charge in [-0.05, 0) is 38.5 Å². The molecule has 2 nitrogen and oxygen atoms in total. The van der Waals surface area contributed by atoms with Crippen LogP contribution in [-0.4, -0.2) is 17.7 Å². The van der Waals surface area contributed by atoms with Crippen LogP contribution in [0.1, 0.15) is 90.9 Å². The minimum Gasteiger partial charge on any atom is -0.412 e. The molecule has 0 spiro atoms. The number of hydrogen-bond donors (Lipinski definition) is 0. The van der Waals surface area contributed by atoms with Crippen molar-refractivity contribution in [2.75, 3.05) is 0 Å². The molecule has 0 aliphatic heterocycles. The maximum atomic E-state index is 6.45. The Morgan fingerprint density at radius 2 is 1.14 bits per heavy atom. The van der Waals surface area contributed by atoms with E-state index in [1.54, 1.807) is 0 Å². The van der Waals surface area contributed by atoms with E-state index >= 15 is 0 Å². The molecular formula is C20H40O2. The maximum Gasteiger partial charge on any atom is 0.0581 e. The Kier molecular flexibility index (Phi) is 19.8. The first kappa shape index (κ1) is 23.7. The highest BCUT2D eigenvalue weighted by Gasteiger charge is 2.15. The standard InChI is InChI=1S/C20H38O.H2O/c1-5-9-13-17-19(15-11-7-3)21-20(16-12-8-4)18-14-10-6-2;/h7-8,19-20H,3-6,9-18H2,1-2H3;1H2. The largest absolute Gasteiger partial charge is 0.412 e. The Balaban J connectivity index is 0. The van der Waals surface area contributed by atoms with Gasteiger partial charge in [-0.2, -0.15) is 0 Å². The molecule has 22 heavy (non-hydrogen) atoms. The second-order valence-corrected chi connectivity index (χ2v) is 6.10. The van der Waals surface area contributed by atoms with Crippen molar-refractivity contribution < 1.29 is 10.2 Å². The van der Waals surface area contributed by atoms with E-state index in [1.165, 1.54) is 51.4 Å². The molecule has 132 valence electrons. The normalized spacial score (nSPS) is 13.2. The Morgan fingerprint density at radius 1 is 0.727 bits per heavy atom. The highest BCUT2D eigenvalue weighted by molar-refractivity contribution is 4.74. The number of ether oxygens (including phenoxy) is 1. The highest BCUT2D eigenvalue weighted by atomic mass is 16.5. The van der Waals surface area contributed by atoms with Crippen LogP contribution in [0, 0.1) is 0 Å². The first-order valence-corrected chi connectivity index (χ1v) is 9.15. The van der Waals surface area contributed by atoms with Crippen LogP contribution in [0.25, 0.3) is 0 Å². The predicted octanol–water partition coefficient (Wildman–Crippen LogP) is 6.01. The summed E-state index contributed by atoms with van der Waals surface area (Å²) >= 11 is 0. The zero-order valence-electron chi connectivity index (χ0n) is 15.1. The Morgan fingerprint density at radius 3 is 1.45 bits per heavy atom. The molecule has 2 unspecified atom stereocenters. The van der Waals surface area contributed by atoms with Crippen molar-refractivity contribution in [3.8, 4) is 0 Å². The fourth-order valence-corrected chi connectivity index (χ4v) is 2.68. The summed E-state index contributed by atoms with van der Waals surface area (Å²) < 4.78 is 6.45. The molecule has 0 aromatic heterocycles. The van der Waals surface area contributed by atoms with Crippen LogP contribution in [0.5, 0.6) is 0 Å². The van der Waals surface area contributed by atoms with Gasteiger partial charge in [-0.25, -0.2) is 0 Å². The minimum atomic E-state index is 0. The molecule has 0 heterocycles. The van der Waals surface area contributed by atoms with Crippen molar-refractivity contribution >= 4 is 0 Å². The third-order valence-electron chi connectivity index (χ3n) is 4.03. The molecule has 0 aromatic carbocycles. The highest BCUT2D eigenvalue weighted by Crippen LogP contribution is 2.20. The van der Waals surface area contributed by atoms with Gasteiger partial charge in [0.05, 0.1) is 12.2 Å². The Hall–Kier alpha value is -0.600. The molecule has 0 bridgehead atoms. The monoisotopic (exact) mass is 312 g/mol. The van der Waals surface area contributed by atoms with E-state index in [0.29, 0.717) is 12.2 Å². The van der Waals surface area contributed by atoms with Crippen molar-refractivity contribution in [1.29, 1.82) is 0 Å². The topological polar surface area (TPSA) is 40.7 Å². The van der Waals surface area contributed by atoms with Crippen molar-refractivity contribution in [3.63, 3.8) is 0 Å². The lowest BCUT2D eigenvalue weighted by atomic mass is 10.0. The van der Waals surface area contributed by atoms with E-state index in [1.807, 2.05) is 12.2 Å². The average Bonchev–Trinajstić information content (AvgIpc) is 2.50. The summed E-state index contributed by atoms with van der Waals surface area (Å²) in [5, 5.41) is 0. The van der Waals surface area contributed by atoms with Crippen LogP contribution >= 0.6 is 0 Å². The van der Waals surface area contributed by atoms with Gasteiger partial charge in [0.15, 0.2) is 0 Å². The van der Waals surface area contributed by atoms with Gasteiger partial charge >= 0.3 is 0 Å². The quantitative estimate of drug-likeness (QED) is 0.254. The first-order valence-electron chi connectivity index (χ1n) is 9.15. The van der Waals surface area contributed by atoms with Gasteiger partial charge in [0.1, 0.15) is 0 Å². The molecular weight excluding hydrogens is 272 g/mol. The number of rotatable bonds is 16. The Bertz CT molecular complexity index is 214. The molecule has 0 amide bonds. The second kappa shape index (κ2) is 18.4. The molecule has 0 radical (unpaired) electrons. The first-order chi connectivity index (χ1) is 10.3. The third kappa shape index (κ3) is 14.3. The molecule has 0 rings (SSSR count). The molecule has 2 N–H and O–H groups in total. The number of allylic oxidation sites excluding steroid dienone is 2. The van der Waals surface area contributed by atoms with Gasteiger partial charge in [-0.3, -0.25) is 0 Å². The predicted molar refractivity (Wildman–Crippen MR) is 99.4 cm³/mol. The molecule has 0 aliphatic rings. The van der Waals surface area contributed by atoms with Gasteiger partial charge in [-0.15, -0.1) is 13.2 Å². The van der Waals surface area contributed by atoms with Crippen LogP contribution < -0.4 is 0 Å².